The van der Waals surface area contributed by atoms with Crippen molar-refractivity contribution in [2.45, 2.75) is 19.9 Å². The van der Waals surface area contributed by atoms with Gasteiger partial charge in [0.25, 0.3) is 5.91 Å². The molecule has 2 aromatic rings. The molecule has 3 rings (SSSR count). The topological polar surface area (TPSA) is 41.6 Å². The van der Waals surface area contributed by atoms with Crippen molar-refractivity contribution < 1.29 is 9.53 Å². The number of morpholine rings is 1. The average molecular weight is 338 g/mol. The molecule has 1 amide bonds. The Morgan fingerprint density at radius 1 is 1.08 bits per heavy atom. The fraction of sp³-hybridized carbons (Fsp3) is 0.381. The molecule has 1 N–H and O–H groups in total. The maximum Gasteiger partial charge on any atom is 0.251 e. The van der Waals surface area contributed by atoms with Crippen LogP contribution in [0.5, 0.6) is 0 Å². The Morgan fingerprint density at radius 3 is 2.48 bits per heavy atom. The maximum absolute atomic E-state index is 12.5. The van der Waals surface area contributed by atoms with Crippen molar-refractivity contribution in [1.82, 2.24) is 10.2 Å². The first-order valence-corrected chi connectivity index (χ1v) is 8.87. The van der Waals surface area contributed by atoms with Crippen LogP contribution in [0, 0.1) is 13.8 Å². The number of hydrogen-bond donors (Lipinski definition) is 1. The molecule has 4 nitrogen and oxygen atoms in total. The van der Waals surface area contributed by atoms with Crippen molar-refractivity contribution in [3.8, 4) is 0 Å². The summed E-state index contributed by atoms with van der Waals surface area (Å²) < 4.78 is 5.49. The fourth-order valence-corrected chi connectivity index (χ4v) is 3.22. The number of ether oxygens (including phenoxy) is 1. The van der Waals surface area contributed by atoms with Crippen LogP contribution in [-0.2, 0) is 4.74 Å². The van der Waals surface area contributed by atoms with Crippen LogP contribution in [0.4, 0.5) is 0 Å². The van der Waals surface area contributed by atoms with Crippen LogP contribution in [0.15, 0.2) is 48.5 Å². The Labute approximate surface area is 149 Å². The quantitative estimate of drug-likeness (QED) is 0.911. The first kappa shape index (κ1) is 17.6. The highest BCUT2D eigenvalue weighted by Crippen LogP contribution is 2.22. The number of carbonyl (C=O) groups is 1. The van der Waals surface area contributed by atoms with Gasteiger partial charge in [0.2, 0.25) is 0 Å². The molecule has 1 atom stereocenters. The Morgan fingerprint density at radius 2 is 1.80 bits per heavy atom. The zero-order valence-electron chi connectivity index (χ0n) is 15.0. The molecule has 0 radical (unpaired) electrons. The third kappa shape index (κ3) is 4.68. The minimum Gasteiger partial charge on any atom is -0.379 e. The van der Waals surface area contributed by atoms with E-state index in [-0.39, 0.29) is 11.9 Å². The van der Waals surface area contributed by atoms with Gasteiger partial charge in [-0.15, -0.1) is 0 Å². The van der Waals surface area contributed by atoms with E-state index in [0.29, 0.717) is 12.1 Å². The third-order valence-corrected chi connectivity index (χ3v) is 4.68. The number of carbonyl (C=O) groups excluding carboxylic acids is 1. The number of rotatable bonds is 5. The lowest BCUT2D eigenvalue weighted by molar-refractivity contribution is 0.0162. The molecule has 1 heterocycles. The Bertz CT molecular complexity index is 706. The molecule has 1 unspecified atom stereocenters. The number of nitrogens with zero attached hydrogens (tertiary/aromatic N) is 1. The summed E-state index contributed by atoms with van der Waals surface area (Å²) in [6.07, 6.45) is 0. The maximum atomic E-state index is 12.5. The summed E-state index contributed by atoms with van der Waals surface area (Å²) in [6, 6.07) is 16.4. The molecule has 1 fully saturated rings. The average Bonchev–Trinajstić information content (AvgIpc) is 2.63. The van der Waals surface area contributed by atoms with Gasteiger partial charge in [0.05, 0.1) is 19.3 Å². The van der Waals surface area contributed by atoms with Crippen molar-refractivity contribution in [2.24, 2.45) is 0 Å². The van der Waals surface area contributed by atoms with E-state index in [1.807, 2.05) is 31.2 Å². The van der Waals surface area contributed by atoms with Crippen LogP contribution < -0.4 is 5.32 Å². The molecule has 0 aliphatic carbocycles. The molecule has 1 aliphatic heterocycles. The predicted molar refractivity (Wildman–Crippen MR) is 99.8 cm³/mol. The number of nitrogens with one attached hydrogen (secondary N) is 1. The number of hydrogen-bond acceptors (Lipinski definition) is 3. The van der Waals surface area contributed by atoms with Crippen molar-refractivity contribution in [2.75, 3.05) is 32.8 Å². The Balaban J connectivity index is 1.73. The molecule has 0 aromatic heterocycles. The van der Waals surface area contributed by atoms with E-state index in [4.69, 9.17) is 4.74 Å². The Hall–Kier alpha value is -2.17. The van der Waals surface area contributed by atoms with Crippen molar-refractivity contribution in [3.05, 3.63) is 70.8 Å². The summed E-state index contributed by atoms with van der Waals surface area (Å²) in [5.74, 6) is -0.0223. The minimum absolute atomic E-state index is 0.0223. The molecule has 0 spiro atoms. The minimum atomic E-state index is -0.0223. The van der Waals surface area contributed by atoms with E-state index in [2.05, 4.69) is 41.4 Å². The molecular formula is C21H26N2O2. The van der Waals surface area contributed by atoms with Crippen LogP contribution in [0.2, 0.25) is 0 Å². The van der Waals surface area contributed by atoms with Gasteiger partial charge in [-0.1, -0.05) is 47.5 Å². The molecule has 2 aromatic carbocycles. The van der Waals surface area contributed by atoms with Gasteiger partial charge in [0, 0.05) is 25.2 Å². The van der Waals surface area contributed by atoms with Gasteiger partial charge in [-0.25, -0.2) is 0 Å². The number of amides is 1. The molecule has 1 aliphatic rings. The normalized spacial score (nSPS) is 16.4. The Kier molecular flexibility index (Phi) is 5.84. The smallest absolute Gasteiger partial charge is 0.251 e. The van der Waals surface area contributed by atoms with Crippen molar-refractivity contribution in [1.29, 1.82) is 0 Å². The van der Waals surface area contributed by atoms with E-state index in [1.165, 1.54) is 11.1 Å². The zero-order valence-corrected chi connectivity index (χ0v) is 15.0. The van der Waals surface area contributed by atoms with Crippen molar-refractivity contribution in [3.63, 3.8) is 0 Å². The molecule has 132 valence electrons. The number of benzene rings is 2. The second-order valence-electron chi connectivity index (χ2n) is 6.65. The molecular weight excluding hydrogens is 312 g/mol. The largest absolute Gasteiger partial charge is 0.379 e. The van der Waals surface area contributed by atoms with Gasteiger partial charge in [-0.05, 0) is 31.5 Å². The molecule has 1 saturated heterocycles. The lowest BCUT2D eigenvalue weighted by Crippen LogP contribution is -2.43. The lowest BCUT2D eigenvalue weighted by atomic mass is 10.0. The monoisotopic (exact) mass is 338 g/mol. The summed E-state index contributed by atoms with van der Waals surface area (Å²) in [5.41, 5.74) is 4.34. The highest BCUT2D eigenvalue weighted by molar-refractivity contribution is 5.94. The van der Waals surface area contributed by atoms with Crippen LogP contribution in [0.25, 0.3) is 0 Å². The van der Waals surface area contributed by atoms with Gasteiger partial charge in [0.1, 0.15) is 0 Å². The first-order valence-electron chi connectivity index (χ1n) is 8.87. The lowest BCUT2D eigenvalue weighted by Gasteiger charge is -2.35. The highest BCUT2D eigenvalue weighted by Gasteiger charge is 2.23. The van der Waals surface area contributed by atoms with E-state index < -0.39 is 0 Å². The second-order valence-corrected chi connectivity index (χ2v) is 6.65. The SMILES string of the molecule is Cc1ccc(C(=O)NCC(c2cccc(C)c2)N2CCOCC2)cc1. The van der Waals surface area contributed by atoms with Gasteiger partial charge in [0.15, 0.2) is 0 Å². The van der Waals surface area contributed by atoms with E-state index in [0.717, 1.165) is 31.9 Å². The molecule has 25 heavy (non-hydrogen) atoms. The predicted octanol–water partition coefficient (Wildman–Crippen LogP) is 3.11. The molecule has 4 heteroatoms. The van der Waals surface area contributed by atoms with Crippen LogP contribution in [-0.4, -0.2) is 43.7 Å². The van der Waals surface area contributed by atoms with E-state index in [1.54, 1.807) is 0 Å². The fourth-order valence-electron chi connectivity index (χ4n) is 3.22. The summed E-state index contributed by atoms with van der Waals surface area (Å²) >= 11 is 0. The summed E-state index contributed by atoms with van der Waals surface area (Å²) in [7, 11) is 0. The van der Waals surface area contributed by atoms with Crippen molar-refractivity contribution >= 4 is 5.91 Å². The molecule has 0 bridgehead atoms. The van der Waals surface area contributed by atoms with Crippen LogP contribution in [0.1, 0.15) is 33.1 Å². The third-order valence-electron chi connectivity index (χ3n) is 4.68. The second kappa shape index (κ2) is 8.28. The zero-order chi connectivity index (χ0) is 17.6. The standard InChI is InChI=1S/C21H26N2O2/c1-16-6-8-18(9-7-16)21(24)22-15-20(23-10-12-25-13-11-23)19-5-3-4-17(2)14-19/h3-9,14,20H,10-13,15H2,1-2H3,(H,22,24). The summed E-state index contributed by atoms with van der Waals surface area (Å²) in [6.45, 7) is 7.98. The van der Waals surface area contributed by atoms with Gasteiger partial charge in [-0.3, -0.25) is 9.69 Å². The summed E-state index contributed by atoms with van der Waals surface area (Å²) in [4.78, 5) is 14.9. The van der Waals surface area contributed by atoms with E-state index in [9.17, 15) is 4.79 Å². The molecule has 0 saturated carbocycles. The van der Waals surface area contributed by atoms with Crippen LogP contribution >= 0.6 is 0 Å². The summed E-state index contributed by atoms with van der Waals surface area (Å²) in [5, 5.41) is 3.11. The van der Waals surface area contributed by atoms with Gasteiger partial charge < -0.3 is 10.1 Å². The first-order chi connectivity index (χ1) is 12.1. The number of aryl methyl sites for hydroxylation is 2. The van der Waals surface area contributed by atoms with Gasteiger partial charge in [-0.2, -0.15) is 0 Å². The van der Waals surface area contributed by atoms with Gasteiger partial charge >= 0.3 is 0 Å². The van der Waals surface area contributed by atoms with E-state index >= 15 is 0 Å². The highest BCUT2D eigenvalue weighted by atomic mass is 16.5. The van der Waals surface area contributed by atoms with Crippen LogP contribution in [0.3, 0.4) is 0 Å².